The maximum absolute atomic E-state index is 4.58. The molecule has 1 atom stereocenters. The van der Waals surface area contributed by atoms with E-state index < -0.39 is 0 Å². The van der Waals surface area contributed by atoms with E-state index in [4.69, 9.17) is 0 Å². The largest absolute Gasteiger partial charge is 0.269 e. The Morgan fingerprint density at radius 1 is 1.43 bits per heavy atom. The summed E-state index contributed by atoms with van der Waals surface area (Å²) in [5.74, 6) is 0.643. The first-order valence-electron chi connectivity index (χ1n) is 5.32. The molecule has 0 amide bonds. The lowest BCUT2D eigenvalue weighted by molar-refractivity contribution is 0.474. The summed E-state index contributed by atoms with van der Waals surface area (Å²) in [7, 11) is 0. The minimum absolute atomic E-state index is 0.643. The second kappa shape index (κ2) is 5.54. The van der Waals surface area contributed by atoms with Crippen LogP contribution in [0.2, 0.25) is 0 Å². The lowest BCUT2D eigenvalue weighted by atomic mass is 10.2. The van der Waals surface area contributed by atoms with Gasteiger partial charge in [0.1, 0.15) is 0 Å². The van der Waals surface area contributed by atoms with Crippen molar-refractivity contribution in [2.75, 3.05) is 5.33 Å². The van der Waals surface area contributed by atoms with Gasteiger partial charge in [0.2, 0.25) is 0 Å². The zero-order valence-corrected chi connectivity index (χ0v) is 10.8. The molecule has 0 fully saturated rings. The van der Waals surface area contributed by atoms with Crippen LogP contribution in [0.1, 0.15) is 32.2 Å². The van der Waals surface area contributed by atoms with E-state index >= 15 is 0 Å². The molecule has 0 N–H and O–H groups in total. The van der Waals surface area contributed by atoms with Crippen LogP contribution >= 0.6 is 15.9 Å². The Morgan fingerprint density at radius 3 is 2.64 bits per heavy atom. The lowest BCUT2D eigenvalue weighted by Crippen LogP contribution is -2.12. The zero-order valence-electron chi connectivity index (χ0n) is 9.26. The van der Waals surface area contributed by atoms with Crippen molar-refractivity contribution >= 4 is 15.9 Å². The van der Waals surface area contributed by atoms with Gasteiger partial charge in [-0.1, -0.05) is 36.7 Å². The van der Waals surface area contributed by atoms with Crippen molar-refractivity contribution in [3.63, 3.8) is 0 Å². The molecule has 80 valence electrons. The molecule has 1 aromatic rings. The number of halogens is 1. The second-order valence-electron chi connectivity index (χ2n) is 3.78. The van der Waals surface area contributed by atoms with E-state index in [0.29, 0.717) is 5.92 Å². The molecule has 14 heavy (non-hydrogen) atoms. The van der Waals surface area contributed by atoms with Crippen LogP contribution in [0.3, 0.4) is 0 Å². The zero-order chi connectivity index (χ0) is 10.6. The number of alkyl halides is 1. The van der Waals surface area contributed by atoms with Crippen molar-refractivity contribution in [2.24, 2.45) is 5.92 Å². The van der Waals surface area contributed by atoms with Gasteiger partial charge in [0.15, 0.2) is 0 Å². The Kier molecular flexibility index (Phi) is 4.66. The number of hydrogen-bond acceptors (Lipinski definition) is 1. The van der Waals surface area contributed by atoms with E-state index in [2.05, 4.69) is 52.5 Å². The molecule has 1 rings (SSSR count). The molecule has 0 saturated heterocycles. The fourth-order valence-corrected chi connectivity index (χ4v) is 1.68. The highest BCUT2D eigenvalue weighted by Crippen LogP contribution is 2.10. The molecule has 0 spiro atoms. The van der Waals surface area contributed by atoms with Gasteiger partial charge in [-0.15, -0.1) is 0 Å². The first-order chi connectivity index (χ1) is 6.71. The highest BCUT2D eigenvalue weighted by molar-refractivity contribution is 9.09. The quantitative estimate of drug-likeness (QED) is 0.743. The number of nitrogens with zero attached hydrogens (tertiary/aromatic N) is 2. The van der Waals surface area contributed by atoms with Crippen LogP contribution in [-0.2, 0) is 19.4 Å². The van der Waals surface area contributed by atoms with E-state index in [-0.39, 0.29) is 0 Å². The predicted octanol–water partition coefficient (Wildman–Crippen LogP) is 3.04. The fourth-order valence-electron chi connectivity index (χ4n) is 1.47. The average molecular weight is 259 g/mol. The predicted molar refractivity (Wildman–Crippen MR) is 63.9 cm³/mol. The third-order valence-electron chi connectivity index (χ3n) is 2.39. The lowest BCUT2D eigenvalue weighted by Gasteiger charge is -2.10. The molecule has 3 heteroatoms. The van der Waals surface area contributed by atoms with E-state index in [1.165, 1.54) is 11.4 Å². The van der Waals surface area contributed by atoms with Gasteiger partial charge in [-0.3, -0.25) is 4.68 Å². The monoisotopic (exact) mass is 258 g/mol. The molecule has 1 aromatic heterocycles. The smallest absolute Gasteiger partial charge is 0.0624 e. The summed E-state index contributed by atoms with van der Waals surface area (Å²) >= 11 is 3.50. The molecule has 0 aromatic carbocycles. The van der Waals surface area contributed by atoms with Crippen LogP contribution in [0.15, 0.2) is 6.07 Å². The van der Waals surface area contributed by atoms with Gasteiger partial charge in [-0.25, -0.2) is 0 Å². The Hall–Kier alpha value is -0.310. The highest BCUT2D eigenvalue weighted by Gasteiger charge is 2.08. The summed E-state index contributed by atoms with van der Waals surface area (Å²) in [6.45, 7) is 7.60. The van der Waals surface area contributed by atoms with Crippen LogP contribution in [0.4, 0.5) is 0 Å². The van der Waals surface area contributed by atoms with Gasteiger partial charge in [-0.05, 0) is 24.8 Å². The molecule has 1 unspecified atom stereocenters. The van der Waals surface area contributed by atoms with E-state index in [1.54, 1.807) is 0 Å². The first-order valence-corrected chi connectivity index (χ1v) is 6.44. The molecule has 0 radical (unpaired) electrons. The van der Waals surface area contributed by atoms with Crippen molar-refractivity contribution in [1.29, 1.82) is 0 Å². The standard InChI is InChI=1S/C11H19BrN2/c1-4-10-6-11(5-2)14(13-10)8-9(3)7-12/h6,9H,4-5,7-8H2,1-3H3. The third-order valence-corrected chi connectivity index (χ3v) is 3.49. The maximum Gasteiger partial charge on any atom is 0.0624 e. The molecule has 0 aliphatic carbocycles. The Labute approximate surface area is 94.8 Å². The molecular weight excluding hydrogens is 240 g/mol. The van der Waals surface area contributed by atoms with Crippen molar-refractivity contribution in [1.82, 2.24) is 9.78 Å². The molecule has 0 bridgehead atoms. The van der Waals surface area contributed by atoms with E-state index in [1.807, 2.05) is 0 Å². The van der Waals surface area contributed by atoms with Gasteiger partial charge in [0, 0.05) is 17.6 Å². The first kappa shape index (κ1) is 11.8. The second-order valence-corrected chi connectivity index (χ2v) is 4.42. The maximum atomic E-state index is 4.58. The van der Waals surface area contributed by atoms with E-state index in [9.17, 15) is 0 Å². The highest BCUT2D eigenvalue weighted by atomic mass is 79.9. The third kappa shape index (κ3) is 2.84. The van der Waals surface area contributed by atoms with Crippen LogP contribution in [0.5, 0.6) is 0 Å². The van der Waals surface area contributed by atoms with Gasteiger partial charge in [0.05, 0.1) is 5.69 Å². The van der Waals surface area contributed by atoms with Gasteiger partial charge < -0.3 is 0 Å². The minimum Gasteiger partial charge on any atom is -0.269 e. The van der Waals surface area contributed by atoms with Crippen LogP contribution in [0.25, 0.3) is 0 Å². The molecule has 1 heterocycles. The van der Waals surface area contributed by atoms with Crippen molar-refractivity contribution in [3.05, 3.63) is 17.5 Å². The number of hydrogen-bond donors (Lipinski definition) is 0. The number of aryl methyl sites for hydroxylation is 2. The molecular formula is C11H19BrN2. The summed E-state index contributed by atoms with van der Waals surface area (Å²) in [6, 6.07) is 2.22. The van der Waals surface area contributed by atoms with Crippen molar-refractivity contribution < 1.29 is 0 Å². The van der Waals surface area contributed by atoms with E-state index in [0.717, 1.165) is 24.7 Å². The van der Waals surface area contributed by atoms with Gasteiger partial charge in [-0.2, -0.15) is 5.10 Å². The normalized spacial score (nSPS) is 13.1. The van der Waals surface area contributed by atoms with Crippen LogP contribution in [-0.4, -0.2) is 15.1 Å². The SMILES string of the molecule is CCc1cc(CC)n(CC(C)CBr)n1. The summed E-state index contributed by atoms with van der Waals surface area (Å²) in [5, 5.41) is 5.62. The topological polar surface area (TPSA) is 17.8 Å². The number of rotatable bonds is 5. The van der Waals surface area contributed by atoms with Crippen molar-refractivity contribution in [2.45, 2.75) is 40.2 Å². The summed E-state index contributed by atoms with van der Waals surface area (Å²) in [5.41, 5.74) is 2.57. The molecule has 0 saturated carbocycles. The summed E-state index contributed by atoms with van der Waals surface area (Å²) in [6.07, 6.45) is 2.10. The van der Waals surface area contributed by atoms with Crippen LogP contribution in [0, 0.1) is 5.92 Å². The minimum atomic E-state index is 0.643. The number of aromatic nitrogens is 2. The van der Waals surface area contributed by atoms with Crippen molar-refractivity contribution in [3.8, 4) is 0 Å². The molecule has 0 aliphatic rings. The van der Waals surface area contributed by atoms with Gasteiger partial charge in [0.25, 0.3) is 0 Å². The Morgan fingerprint density at radius 2 is 2.14 bits per heavy atom. The van der Waals surface area contributed by atoms with Crippen LogP contribution < -0.4 is 0 Å². The Balaban J connectivity index is 2.78. The summed E-state index contributed by atoms with van der Waals surface area (Å²) < 4.78 is 2.16. The molecule has 2 nitrogen and oxygen atoms in total. The molecule has 0 aliphatic heterocycles. The summed E-state index contributed by atoms with van der Waals surface area (Å²) in [4.78, 5) is 0. The van der Waals surface area contributed by atoms with Gasteiger partial charge >= 0.3 is 0 Å². The Bertz CT molecular complexity index is 281. The fraction of sp³-hybridized carbons (Fsp3) is 0.727. The average Bonchev–Trinajstić information content (AvgIpc) is 2.60.